The lowest BCUT2D eigenvalue weighted by Crippen LogP contribution is -2.52. The third-order valence-corrected chi connectivity index (χ3v) is 25.4. The number of nitrogens with one attached hydrogen (secondary N) is 3. The minimum atomic E-state index is -0.632. The Hall–Kier alpha value is -10.0. The minimum Gasteiger partial charge on any atom is -0.469 e. The Morgan fingerprint density at radius 3 is 1.41 bits per heavy atom. The second-order valence-electron chi connectivity index (χ2n) is 30.2. The molecule has 21 nitrogen and oxygen atoms in total. The molecule has 12 fully saturated rings. The van der Waals surface area contributed by atoms with Crippen LogP contribution in [-0.2, 0) is 51.6 Å². The lowest BCUT2D eigenvalue weighted by molar-refractivity contribution is -0.156. The smallest absolute Gasteiger partial charge is 0.311 e. The lowest BCUT2D eigenvalue weighted by Gasteiger charge is -2.47. The van der Waals surface area contributed by atoms with Gasteiger partial charge >= 0.3 is 23.9 Å². The molecule has 12 aliphatic rings. The number of pyridine rings is 2. The van der Waals surface area contributed by atoms with E-state index in [1.54, 1.807) is 13.1 Å². The van der Waals surface area contributed by atoms with Gasteiger partial charge in [0.25, 0.3) is 0 Å². The summed E-state index contributed by atoms with van der Waals surface area (Å²) in [6, 6.07) is 20.0. The molecule has 586 valence electrons. The molecular weight excluding hydrogens is 1520 g/mol. The fourth-order valence-corrected chi connectivity index (χ4v) is 19.7. The van der Waals surface area contributed by atoms with Crippen molar-refractivity contribution in [1.82, 2.24) is 29.9 Å². The largest absolute Gasteiger partial charge is 0.469 e. The van der Waals surface area contributed by atoms with Crippen LogP contribution in [0, 0.1) is 157 Å². The molecule has 0 saturated heterocycles. The molecule has 8 atom stereocenters. The molecule has 0 aliphatic heterocycles. The van der Waals surface area contributed by atoms with E-state index in [2.05, 4.69) is 35.9 Å². The number of hydrogen-bond donors (Lipinski definition) is 4. The first-order chi connectivity index (χ1) is 53.8. The number of fused-ring (bicyclic) bond motifs is 14. The quantitative estimate of drug-likeness (QED) is 0.0382. The van der Waals surface area contributed by atoms with Gasteiger partial charge in [0.1, 0.15) is 52.7 Å². The Kier molecular flexibility index (Phi) is 25.7. The topological polar surface area (TPSA) is 323 Å². The van der Waals surface area contributed by atoms with Gasteiger partial charge in [0.05, 0.1) is 131 Å². The van der Waals surface area contributed by atoms with E-state index in [9.17, 15) is 47.3 Å². The van der Waals surface area contributed by atoms with Gasteiger partial charge in [-0.25, -0.2) is 41.0 Å². The number of methoxy groups -OCH3 is 4. The van der Waals surface area contributed by atoms with Crippen molar-refractivity contribution in [3.05, 3.63) is 151 Å². The third-order valence-electron chi connectivity index (χ3n) is 24.5. The van der Waals surface area contributed by atoms with Gasteiger partial charge in [-0.1, -0.05) is 34.8 Å². The second-order valence-corrected chi connectivity index (χ2v) is 31.4. The highest BCUT2D eigenvalue weighted by atomic mass is 35.5. The Morgan fingerprint density at radius 1 is 0.491 bits per heavy atom. The molecule has 12 aliphatic carbocycles. The summed E-state index contributed by atoms with van der Waals surface area (Å²) in [7, 11) is 7.30. The molecule has 8 bridgehead atoms. The van der Waals surface area contributed by atoms with Crippen LogP contribution in [0.25, 0.3) is 44.6 Å². The number of halogens is 9. The first-order valence-corrected chi connectivity index (χ1v) is 38.5. The predicted octanol–water partition coefficient (Wildman–Crippen LogP) is 16.4. The van der Waals surface area contributed by atoms with Gasteiger partial charge in [-0.05, 0) is 229 Å². The maximum absolute atomic E-state index is 15.1. The molecule has 30 heteroatoms. The highest BCUT2D eigenvalue weighted by Crippen LogP contribution is 2.53. The zero-order chi connectivity index (χ0) is 80.1. The third kappa shape index (κ3) is 16.9. The number of nitrogens with zero attached hydrogens (tertiary/aromatic N) is 9. The van der Waals surface area contributed by atoms with Crippen molar-refractivity contribution in [3.8, 4) is 46.8 Å². The number of esters is 4. The number of H-pyrrole nitrogens is 1. The zero-order valence-electron chi connectivity index (χ0n) is 62.0. The minimum absolute atomic E-state index is 0.0162. The summed E-state index contributed by atoms with van der Waals surface area (Å²) in [6.45, 7) is 0. The number of hydrogen-bond acceptors (Lipinski definition) is 19. The lowest BCUT2D eigenvalue weighted by atomic mass is 9.57. The molecule has 4 aromatic heterocycles. The van der Waals surface area contributed by atoms with Crippen molar-refractivity contribution in [2.75, 3.05) is 39.1 Å². The molecule has 0 amide bonds. The van der Waals surface area contributed by atoms with E-state index in [0.717, 1.165) is 120 Å². The van der Waals surface area contributed by atoms with Crippen LogP contribution in [0.15, 0.2) is 73.1 Å². The highest BCUT2D eigenvalue weighted by molar-refractivity contribution is 6.35. The number of anilines is 2. The standard InChI is InChI=1S/C24H23F2N5O2.C23H21F2N5O2.C18H19ClFNO2.C10H17NO2.C7H2Cl2FN/c1-31-23-17(8-15(25)11-28-23)22(30-31)16-9-19(18(26)7-14(16)10-27)29-21-13-5-3-12(4-6-13)20(21)24(32)33-2;1-32-23(31)19-11-2-4-12(5-3-11)20(19)28-18-8-15(13(9-26)6-17(18)25)21-16-7-14(24)10-27-22(16)30-29-21;1-23-18(22)17-11-4-2-10(3-5-11)14(17)6-12-7-15(19)13(9-21)8-16(12)20;1-13-10(12)8-6-2-4-7(5-3-6)9(8)11;8-5-2-6(9)7(10)1-4(5)3-11/h7-9,11-13,20-21,29H,3-6H2,1-2H3;6-8,10-12,19-20,28H,2-5H2,1H3,(H,27,29,30);7-8,10-11,14,17H,2-6H2,1H3;6-9H,2-5,11H2,1H3;1-2H/t12?,13?,20-,21?;11?,12?,19-,20?;10?,11?,14?,17-;6?,7?,8-,9-;/m0000./s1. The maximum atomic E-state index is 15.1. The van der Waals surface area contributed by atoms with Crippen molar-refractivity contribution < 1.29 is 64.5 Å². The number of aromatic amines is 1. The van der Waals surface area contributed by atoms with Gasteiger partial charge in [0.2, 0.25) is 0 Å². The monoisotopic (exact) mass is 1600 g/mol. The highest BCUT2D eigenvalue weighted by Gasteiger charge is 2.51. The normalized spacial score (nSPS) is 25.9. The van der Waals surface area contributed by atoms with Crippen LogP contribution in [0.2, 0.25) is 15.1 Å². The number of carbonyl (C=O) groups excluding carboxylic acids is 4. The summed E-state index contributed by atoms with van der Waals surface area (Å²) >= 11 is 16.9. The van der Waals surface area contributed by atoms with Crippen LogP contribution < -0.4 is 16.4 Å². The molecule has 4 heterocycles. The Balaban J connectivity index is 0.000000137. The van der Waals surface area contributed by atoms with Crippen LogP contribution >= 0.6 is 34.8 Å². The van der Waals surface area contributed by atoms with Crippen molar-refractivity contribution in [3.63, 3.8) is 0 Å². The molecule has 20 rings (SSSR count). The second kappa shape index (κ2) is 35.3. The van der Waals surface area contributed by atoms with Crippen molar-refractivity contribution in [2.45, 2.75) is 127 Å². The molecule has 112 heavy (non-hydrogen) atoms. The van der Waals surface area contributed by atoms with Gasteiger partial charge in [-0.2, -0.15) is 31.2 Å². The van der Waals surface area contributed by atoms with Gasteiger partial charge < -0.3 is 35.3 Å². The summed E-state index contributed by atoms with van der Waals surface area (Å²) in [5.74, 6) is -2.24. The molecule has 0 spiro atoms. The number of carbonyl (C=O) groups is 4. The van der Waals surface area contributed by atoms with Crippen molar-refractivity contribution in [2.24, 2.45) is 89.7 Å². The molecule has 3 unspecified atom stereocenters. The van der Waals surface area contributed by atoms with E-state index < -0.39 is 34.9 Å². The van der Waals surface area contributed by atoms with E-state index >= 15 is 8.78 Å². The molecule has 0 radical (unpaired) electrons. The Labute approximate surface area is 657 Å². The fourth-order valence-electron chi connectivity index (χ4n) is 19.0. The summed E-state index contributed by atoms with van der Waals surface area (Å²) in [5.41, 5.74) is 9.48. The Bertz CT molecular complexity index is 5070. The van der Waals surface area contributed by atoms with Crippen LogP contribution in [0.5, 0.6) is 0 Å². The maximum Gasteiger partial charge on any atom is 0.311 e. The van der Waals surface area contributed by atoms with Gasteiger partial charge in [0, 0.05) is 47.1 Å². The molecule has 4 aromatic carbocycles. The Morgan fingerprint density at radius 2 is 0.902 bits per heavy atom. The van der Waals surface area contributed by atoms with Crippen LogP contribution in [-0.4, -0.2) is 100 Å². The van der Waals surface area contributed by atoms with E-state index in [1.165, 1.54) is 88.4 Å². The number of nitrogens with two attached hydrogens (primary N) is 1. The number of aryl methyl sites for hydroxylation is 1. The molecular formula is C82H82Cl3F6N13O8. The zero-order valence-corrected chi connectivity index (χ0v) is 64.2. The van der Waals surface area contributed by atoms with Crippen molar-refractivity contribution in [1.29, 1.82) is 21.0 Å². The molecule has 12 saturated carbocycles. The van der Waals surface area contributed by atoms with Crippen LogP contribution in [0.3, 0.4) is 0 Å². The first-order valence-electron chi connectivity index (χ1n) is 37.3. The van der Waals surface area contributed by atoms with Crippen LogP contribution in [0.1, 0.15) is 131 Å². The van der Waals surface area contributed by atoms with Gasteiger partial charge in [-0.3, -0.25) is 24.3 Å². The van der Waals surface area contributed by atoms with E-state index in [4.69, 9.17) is 70.0 Å². The van der Waals surface area contributed by atoms with E-state index in [0.29, 0.717) is 80.2 Å². The SMILES string of the molecule is COC(=O)[C@H]1C2CCC(CC2)C1Cc1cc(Cl)c(C#N)cc1F.COC(=O)[C@H]1C2CCC(CC2)C1Nc1cc(-c2[nH]nc3ncc(F)cc23)c(C#N)cc1F.COC(=O)[C@H]1C2CCC(CC2)C1Nc1cc(-c2nn(C)c3ncc(F)cc23)c(C#N)cc1F.COC(=O)[C@H]1C2CCC(CC2)[C@@H]1N.N#Cc1cc(F)c(Cl)cc1Cl. The number of rotatable bonds is 12. The van der Waals surface area contributed by atoms with E-state index in [-0.39, 0.29) is 144 Å². The predicted molar refractivity (Wildman–Crippen MR) is 404 cm³/mol. The first kappa shape index (κ1) is 81.5. The molecule has 5 N–H and O–H groups in total. The fraction of sp³-hybridized carbons (Fsp3) is 0.463. The summed E-state index contributed by atoms with van der Waals surface area (Å²) in [5, 5.41) is 55.5. The van der Waals surface area contributed by atoms with Crippen molar-refractivity contribution >= 4 is 92.1 Å². The molecule has 8 aromatic rings. The summed E-state index contributed by atoms with van der Waals surface area (Å²) < 4.78 is 106. The van der Waals surface area contributed by atoms with Gasteiger partial charge in [-0.15, -0.1) is 0 Å². The number of benzene rings is 4. The number of nitriles is 4. The average molecular weight is 1600 g/mol. The number of aromatic nitrogens is 6. The summed E-state index contributed by atoms with van der Waals surface area (Å²) in [6.07, 6.45) is 19.4. The number of ether oxygens (including phenoxy) is 4. The van der Waals surface area contributed by atoms with Gasteiger partial charge in [0.15, 0.2) is 11.3 Å². The van der Waals surface area contributed by atoms with E-state index in [1.807, 2.05) is 18.2 Å². The average Bonchev–Trinajstić information content (AvgIpc) is 1.62. The van der Waals surface area contributed by atoms with Crippen LogP contribution in [0.4, 0.5) is 37.7 Å². The summed E-state index contributed by atoms with van der Waals surface area (Å²) in [4.78, 5) is 56.8.